The molecule has 2 aliphatic heterocycles. The van der Waals surface area contributed by atoms with Crippen LogP contribution >= 0.6 is 0 Å². The molecule has 3 unspecified atom stereocenters. The molecule has 6 heteroatoms. The summed E-state index contributed by atoms with van der Waals surface area (Å²) in [5, 5.41) is 2.99. The number of amides is 1. The number of para-hydroxylation sites is 1. The molecule has 36 heavy (non-hydrogen) atoms. The number of anilines is 3. The lowest BCUT2D eigenvalue weighted by Crippen LogP contribution is -2.27. The molecule has 2 aromatic carbocycles. The van der Waals surface area contributed by atoms with Gasteiger partial charge in [0.05, 0.1) is 11.4 Å². The highest BCUT2D eigenvalue weighted by atomic mass is 16.5. The Labute approximate surface area is 213 Å². The van der Waals surface area contributed by atoms with Gasteiger partial charge in [-0.2, -0.15) is 0 Å². The number of ether oxygens (including phenoxy) is 1. The molecule has 0 aliphatic carbocycles. The number of carbonyl (C=O) groups excluding carboxylic acids is 1. The smallest absolute Gasteiger partial charge is 0.247 e. The van der Waals surface area contributed by atoms with Gasteiger partial charge in [0.1, 0.15) is 6.61 Å². The minimum Gasteiger partial charge on any atom is -0.473 e. The predicted octanol–water partition coefficient (Wildman–Crippen LogP) is 5.74. The standard InChI is InChI=1S/C30H34N4O2/c1-5-28(35)32-25-17-22(12-13-27(25)34-16-8-9-20(34)2)19-36-29-18-23(14-15-31-29)30-21(3)33(4)26-11-7-6-10-24(26)30/h5-7,10-15,17-18,20-21,30H,1,8-9,16,19H2,2-4H3,(H,32,35). The van der Waals surface area contributed by atoms with Crippen molar-refractivity contribution in [3.05, 3.63) is 90.1 Å². The molecule has 1 saturated heterocycles. The van der Waals surface area contributed by atoms with Gasteiger partial charge in [-0.1, -0.05) is 30.8 Å². The molecular weight excluding hydrogens is 448 g/mol. The number of hydrogen-bond donors (Lipinski definition) is 1. The fourth-order valence-corrected chi connectivity index (χ4v) is 5.59. The van der Waals surface area contributed by atoms with Gasteiger partial charge in [0, 0.05) is 49.5 Å². The van der Waals surface area contributed by atoms with Crippen molar-refractivity contribution in [3.63, 3.8) is 0 Å². The Morgan fingerprint density at radius 3 is 2.78 bits per heavy atom. The van der Waals surface area contributed by atoms with Gasteiger partial charge in [-0.15, -0.1) is 0 Å². The maximum atomic E-state index is 12.1. The SMILES string of the molecule is C=CC(=O)Nc1cc(COc2cc(C3c4ccccc4N(C)C3C)ccn2)ccc1N1CCCC1C. The quantitative estimate of drug-likeness (QED) is 0.435. The Bertz CT molecular complexity index is 1270. The van der Waals surface area contributed by atoms with Crippen LogP contribution in [0.25, 0.3) is 0 Å². The van der Waals surface area contributed by atoms with E-state index < -0.39 is 0 Å². The zero-order valence-corrected chi connectivity index (χ0v) is 21.3. The second-order valence-corrected chi connectivity index (χ2v) is 9.83. The number of carbonyl (C=O) groups is 1. The summed E-state index contributed by atoms with van der Waals surface area (Å²) in [4.78, 5) is 21.3. The predicted molar refractivity (Wildman–Crippen MR) is 146 cm³/mol. The first kappa shape index (κ1) is 23.9. The van der Waals surface area contributed by atoms with Gasteiger partial charge in [-0.3, -0.25) is 4.79 Å². The third kappa shape index (κ3) is 4.55. The zero-order chi connectivity index (χ0) is 25.2. The van der Waals surface area contributed by atoms with Gasteiger partial charge in [0.15, 0.2) is 0 Å². The topological polar surface area (TPSA) is 57.7 Å². The number of hydrogen-bond acceptors (Lipinski definition) is 5. The van der Waals surface area contributed by atoms with E-state index in [1.54, 1.807) is 0 Å². The van der Waals surface area contributed by atoms with Crippen molar-refractivity contribution in [2.75, 3.05) is 28.7 Å². The highest BCUT2D eigenvalue weighted by Crippen LogP contribution is 2.44. The van der Waals surface area contributed by atoms with Crippen LogP contribution in [0.1, 0.15) is 49.3 Å². The Morgan fingerprint density at radius 2 is 2.00 bits per heavy atom. The Kier molecular flexibility index (Phi) is 6.68. The number of rotatable bonds is 7. The van der Waals surface area contributed by atoms with Gasteiger partial charge in [0.25, 0.3) is 0 Å². The molecule has 1 N–H and O–H groups in total. The van der Waals surface area contributed by atoms with Crippen molar-refractivity contribution < 1.29 is 9.53 Å². The van der Waals surface area contributed by atoms with Crippen molar-refractivity contribution in [2.45, 2.75) is 51.3 Å². The van der Waals surface area contributed by atoms with Crippen LogP contribution in [-0.2, 0) is 11.4 Å². The number of nitrogens with one attached hydrogen (secondary N) is 1. The summed E-state index contributed by atoms with van der Waals surface area (Å²) in [6, 6.07) is 19.6. The molecule has 3 atom stereocenters. The molecule has 3 aromatic rings. The van der Waals surface area contributed by atoms with E-state index in [1.807, 2.05) is 12.3 Å². The summed E-state index contributed by atoms with van der Waals surface area (Å²) in [6.45, 7) is 9.43. The van der Waals surface area contributed by atoms with Crippen molar-refractivity contribution in [2.24, 2.45) is 0 Å². The second-order valence-electron chi connectivity index (χ2n) is 9.83. The van der Waals surface area contributed by atoms with E-state index in [0.29, 0.717) is 24.6 Å². The van der Waals surface area contributed by atoms with E-state index in [0.717, 1.165) is 36.3 Å². The molecule has 5 rings (SSSR count). The molecular formula is C30H34N4O2. The molecule has 3 heterocycles. The van der Waals surface area contributed by atoms with E-state index in [9.17, 15) is 4.79 Å². The first-order chi connectivity index (χ1) is 17.5. The molecule has 186 valence electrons. The van der Waals surface area contributed by atoms with Gasteiger partial charge >= 0.3 is 0 Å². The lowest BCUT2D eigenvalue weighted by Gasteiger charge is -2.27. The maximum absolute atomic E-state index is 12.1. The fraction of sp³-hybridized carbons (Fsp3) is 0.333. The number of pyridine rings is 1. The molecule has 1 fully saturated rings. The molecule has 2 aliphatic rings. The Balaban J connectivity index is 1.36. The third-order valence-electron chi connectivity index (χ3n) is 7.62. The van der Waals surface area contributed by atoms with Crippen LogP contribution in [0, 0.1) is 0 Å². The summed E-state index contributed by atoms with van der Waals surface area (Å²) < 4.78 is 6.14. The highest BCUT2D eigenvalue weighted by molar-refractivity contribution is 6.01. The van der Waals surface area contributed by atoms with Crippen LogP contribution in [0.3, 0.4) is 0 Å². The summed E-state index contributed by atoms with van der Waals surface area (Å²) in [5.74, 6) is 0.645. The third-order valence-corrected chi connectivity index (χ3v) is 7.62. The molecule has 0 bridgehead atoms. The van der Waals surface area contributed by atoms with Crippen LogP contribution in [-0.4, -0.2) is 36.6 Å². The number of benzene rings is 2. The van der Waals surface area contributed by atoms with E-state index >= 15 is 0 Å². The molecule has 0 saturated carbocycles. The van der Waals surface area contributed by atoms with E-state index in [1.165, 1.54) is 22.9 Å². The molecule has 1 amide bonds. The number of nitrogens with zero attached hydrogens (tertiary/aromatic N) is 3. The van der Waals surface area contributed by atoms with Crippen molar-refractivity contribution in [1.29, 1.82) is 0 Å². The van der Waals surface area contributed by atoms with E-state index in [-0.39, 0.29) is 11.8 Å². The summed E-state index contributed by atoms with van der Waals surface area (Å²) in [7, 11) is 2.15. The molecule has 0 radical (unpaired) electrons. The first-order valence-corrected chi connectivity index (χ1v) is 12.7. The summed E-state index contributed by atoms with van der Waals surface area (Å²) in [6.07, 6.45) is 5.44. The summed E-state index contributed by atoms with van der Waals surface area (Å²) >= 11 is 0. The molecule has 1 aromatic heterocycles. The highest BCUT2D eigenvalue weighted by Gasteiger charge is 2.34. The first-order valence-electron chi connectivity index (χ1n) is 12.7. The van der Waals surface area contributed by atoms with Crippen molar-refractivity contribution >= 4 is 23.0 Å². The van der Waals surface area contributed by atoms with E-state index in [2.05, 4.69) is 96.1 Å². The van der Waals surface area contributed by atoms with Crippen molar-refractivity contribution in [1.82, 2.24) is 4.98 Å². The van der Waals surface area contributed by atoms with Crippen LogP contribution in [0.15, 0.2) is 73.4 Å². The largest absolute Gasteiger partial charge is 0.473 e. The van der Waals surface area contributed by atoms with Gasteiger partial charge < -0.3 is 19.9 Å². The maximum Gasteiger partial charge on any atom is 0.247 e. The number of likely N-dealkylation sites (N-methyl/N-ethyl adjacent to an activating group) is 1. The van der Waals surface area contributed by atoms with Gasteiger partial charge in [-0.25, -0.2) is 4.98 Å². The average Bonchev–Trinajstić information content (AvgIpc) is 3.43. The lowest BCUT2D eigenvalue weighted by atomic mass is 9.89. The van der Waals surface area contributed by atoms with Gasteiger partial charge in [-0.05, 0) is 73.7 Å². The second kappa shape index (κ2) is 10.1. The fourth-order valence-electron chi connectivity index (χ4n) is 5.59. The monoisotopic (exact) mass is 482 g/mol. The van der Waals surface area contributed by atoms with Crippen LogP contribution < -0.4 is 19.9 Å². The Hall–Kier alpha value is -3.80. The van der Waals surface area contributed by atoms with Crippen LogP contribution in [0.4, 0.5) is 17.1 Å². The van der Waals surface area contributed by atoms with Crippen molar-refractivity contribution in [3.8, 4) is 5.88 Å². The molecule has 0 spiro atoms. The van der Waals surface area contributed by atoms with Crippen LogP contribution in [0.5, 0.6) is 5.88 Å². The Morgan fingerprint density at radius 1 is 1.17 bits per heavy atom. The van der Waals surface area contributed by atoms with Gasteiger partial charge in [0.2, 0.25) is 11.8 Å². The minimum atomic E-state index is -0.216. The number of fused-ring (bicyclic) bond motifs is 1. The normalized spacial score (nSPS) is 20.8. The zero-order valence-electron chi connectivity index (χ0n) is 21.3. The minimum absolute atomic E-state index is 0.216. The van der Waals surface area contributed by atoms with Crippen LogP contribution in [0.2, 0.25) is 0 Å². The average molecular weight is 483 g/mol. The number of aromatic nitrogens is 1. The lowest BCUT2D eigenvalue weighted by molar-refractivity contribution is -0.111. The van der Waals surface area contributed by atoms with E-state index in [4.69, 9.17) is 4.74 Å². The summed E-state index contributed by atoms with van der Waals surface area (Å²) in [5.41, 5.74) is 6.60. The molecule has 6 nitrogen and oxygen atoms in total.